The second-order valence-corrected chi connectivity index (χ2v) is 6.31. The van der Waals surface area contributed by atoms with Crippen LogP contribution >= 0.6 is 15.9 Å². The Bertz CT molecular complexity index is 397. The third-order valence-corrected chi connectivity index (χ3v) is 4.59. The van der Waals surface area contributed by atoms with Crippen molar-refractivity contribution < 1.29 is 4.39 Å². The molecule has 0 atom stereocenters. The van der Waals surface area contributed by atoms with Crippen molar-refractivity contribution in [3.05, 3.63) is 34.1 Å². The van der Waals surface area contributed by atoms with Crippen LogP contribution < -0.4 is 5.73 Å². The molecule has 0 bridgehead atoms. The summed E-state index contributed by atoms with van der Waals surface area (Å²) in [4.78, 5) is 0. The zero-order valence-corrected chi connectivity index (χ0v) is 11.8. The maximum absolute atomic E-state index is 13.2. The summed E-state index contributed by atoms with van der Waals surface area (Å²) in [6.45, 7) is 2.28. The van der Waals surface area contributed by atoms with E-state index < -0.39 is 0 Å². The van der Waals surface area contributed by atoms with Crippen LogP contribution in [0.4, 0.5) is 4.39 Å². The minimum Gasteiger partial charge on any atom is -0.325 e. The molecule has 0 spiro atoms. The lowest BCUT2D eigenvalue weighted by Crippen LogP contribution is -2.45. The van der Waals surface area contributed by atoms with Crippen LogP contribution in [0.5, 0.6) is 0 Å². The Morgan fingerprint density at radius 3 is 2.71 bits per heavy atom. The average molecular weight is 300 g/mol. The Morgan fingerprint density at radius 2 is 2.06 bits per heavy atom. The molecular formula is C14H19BrFN. The van der Waals surface area contributed by atoms with Crippen molar-refractivity contribution in [1.82, 2.24) is 0 Å². The Kier molecular flexibility index (Phi) is 3.88. The molecular weight excluding hydrogens is 281 g/mol. The van der Waals surface area contributed by atoms with Gasteiger partial charge in [0.2, 0.25) is 0 Å². The average Bonchev–Trinajstić information content (AvgIpc) is 2.28. The Balaban J connectivity index is 2.12. The molecule has 1 saturated carbocycles. The van der Waals surface area contributed by atoms with Gasteiger partial charge < -0.3 is 5.73 Å². The first-order valence-electron chi connectivity index (χ1n) is 6.21. The molecule has 1 aliphatic rings. The van der Waals surface area contributed by atoms with Crippen LogP contribution in [-0.2, 0) is 6.42 Å². The molecule has 2 rings (SSSR count). The summed E-state index contributed by atoms with van der Waals surface area (Å²) < 4.78 is 14.2. The van der Waals surface area contributed by atoms with Crippen LogP contribution in [0.1, 0.15) is 38.2 Å². The standard InChI is InChI=1S/C14H19BrFN/c1-10-4-6-14(17,7-5-10)9-11-8-12(16)2-3-13(11)15/h2-3,8,10H,4-7,9,17H2,1H3. The molecule has 17 heavy (non-hydrogen) atoms. The highest BCUT2D eigenvalue weighted by atomic mass is 79.9. The fourth-order valence-electron chi connectivity index (χ4n) is 2.57. The molecule has 94 valence electrons. The first-order valence-corrected chi connectivity index (χ1v) is 7.01. The van der Waals surface area contributed by atoms with Gasteiger partial charge in [0.05, 0.1) is 0 Å². The molecule has 1 aliphatic carbocycles. The lowest BCUT2D eigenvalue weighted by atomic mass is 9.75. The molecule has 0 unspecified atom stereocenters. The van der Waals surface area contributed by atoms with Gasteiger partial charge >= 0.3 is 0 Å². The highest BCUT2D eigenvalue weighted by Gasteiger charge is 2.30. The topological polar surface area (TPSA) is 26.0 Å². The first kappa shape index (κ1) is 13.0. The largest absolute Gasteiger partial charge is 0.325 e. The summed E-state index contributed by atoms with van der Waals surface area (Å²) in [5.74, 6) is 0.596. The fraction of sp³-hybridized carbons (Fsp3) is 0.571. The zero-order chi connectivity index (χ0) is 12.5. The molecule has 1 aromatic carbocycles. The lowest BCUT2D eigenvalue weighted by Gasteiger charge is -2.36. The number of hydrogen-bond donors (Lipinski definition) is 1. The summed E-state index contributed by atoms with van der Waals surface area (Å²) in [6, 6.07) is 4.83. The molecule has 0 radical (unpaired) electrons. The number of rotatable bonds is 2. The van der Waals surface area contributed by atoms with Gasteiger partial charge in [-0.15, -0.1) is 0 Å². The van der Waals surface area contributed by atoms with Crippen molar-refractivity contribution in [2.45, 2.75) is 44.6 Å². The predicted octanol–water partition coefficient (Wildman–Crippen LogP) is 4.04. The summed E-state index contributed by atoms with van der Waals surface area (Å²) in [5, 5.41) is 0. The van der Waals surface area contributed by atoms with E-state index in [-0.39, 0.29) is 11.4 Å². The van der Waals surface area contributed by atoms with Gasteiger partial charge in [-0.1, -0.05) is 22.9 Å². The third-order valence-electron chi connectivity index (χ3n) is 3.82. The molecule has 0 amide bonds. The second kappa shape index (κ2) is 5.07. The van der Waals surface area contributed by atoms with Crippen molar-refractivity contribution in [2.75, 3.05) is 0 Å². The SMILES string of the molecule is CC1CCC(N)(Cc2cc(F)ccc2Br)CC1. The summed E-state index contributed by atoms with van der Waals surface area (Å²) in [6.07, 6.45) is 5.21. The molecule has 0 aromatic heterocycles. The molecule has 1 aromatic rings. The van der Waals surface area contributed by atoms with Crippen molar-refractivity contribution in [3.8, 4) is 0 Å². The van der Waals surface area contributed by atoms with E-state index in [9.17, 15) is 4.39 Å². The molecule has 1 fully saturated rings. The maximum Gasteiger partial charge on any atom is 0.123 e. The number of benzene rings is 1. The van der Waals surface area contributed by atoms with Gasteiger partial charge in [-0.3, -0.25) is 0 Å². The van der Waals surface area contributed by atoms with Crippen LogP contribution in [0.25, 0.3) is 0 Å². The van der Waals surface area contributed by atoms with Gasteiger partial charge in [0.25, 0.3) is 0 Å². The van der Waals surface area contributed by atoms with Crippen molar-refractivity contribution in [3.63, 3.8) is 0 Å². The maximum atomic E-state index is 13.2. The fourth-order valence-corrected chi connectivity index (χ4v) is 2.96. The number of hydrogen-bond acceptors (Lipinski definition) is 1. The highest BCUT2D eigenvalue weighted by molar-refractivity contribution is 9.10. The van der Waals surface area contributed by atoms with Gasteiger partial charge in [-0.25, -0.2) is 4.39 Å². The lowest BCUT2D eigenvalue weighted by molar-refractivity contribution is 0.243. The van der Waals surface area contributed by atoms with E-state index in [0.29, 0.717) is 0 Å². The smallest absolute Gasteiger partial charge is 0.123 e. The van der Waals surface area contributed by atoms with E-state index >= 15 is 0 Å². The summed E-state index contributed by atoms with van der Waals surface area (Å²) in [5.41, 5.74) is 7.27. The first-order chi connectivity index (χ1) is 7.98. The minimum absolute atomic E-state index is 0.150. The third kappa shape index (κ3) is 3.29. The Morgan fingerprint density at radius 1 is 1.41 bits per heavy atom. The Hall–Kier alpha value is -0.410. The van der Waals surface area contributed by atoms with Gasteiger partial charge in [-0.05, 0) is 61.8 Å². The molecule has 0 heterocycles. The molecule has 0 saturated heterocycles. The molecule has 3 heteroatoms. The van der Waals surface area contributed by atoms with Crippen LogP contribution in [0.15, 0.2) is 22.7 Å². The van der Waals surface area contributed by atoms with Gasteiger partial charge in [-0.2, -0.15) is 0 Å². The minimum atomic E-state index is -0.184. The van der Waals surface area contributed by atoms with E-state index in [4.69, 9.17) is 5.73 Å². The molecule has 1 nitrogen and oxygen atoms in total. The van der Waals surface area contributed by atoms with Crippen LogP contribution in [0.2, 0.25) is 0 Å². The van der Waals surface area contributed by atoms with Crippen LogP contribution in [0.3, 0.4) is 0 Å². The zero-order valence-electron chi connectivity index (χ0n) is 10.2. The number of halogens is 2. The monoisotopic (exact) mass is 299 g/mol. The van der Waals surface area contributed by atoms with E-state index in [2.05, 4.69) is 22.9 Å². The van der Waals surface area contributed by atoms with Gasteiger partial charge in [0.1, 0.15) is 5.82 Å². The van der Waals surface area contributed by atoms with Crippen LogP contribution in [0, 0.1) is 11.7 Å². The van der Waals surface area contributed by atoms with Gasteiger partial charge in [0.15, 0.2) is 0 Å². The summed E-state index contributed by atoms with van der Waals surface area (Å²) >= 11 is 3.47. The number of nitrogens with two attached hydrogens (primary N) is 1. The quantitative estimate of drug-likeness (QED) is 0.876. The second-order valence-electron chi connectivity index (χ2n) is 5.46. The normalized spacial score (nSPS) is 29.3. The predicted molar refractivity (Wildman–Crippen MR) is 72.4 cm³/mol. The van der Waals surface area contributed by atoms with E-state index in [1.807, 2.05) is 0 Å². The molecule has 2 N–H and O–H groups in total. The van der Waals surface area contributed by atoms with E-state index in [0.717, 1.165) is 35.2 Å². The van der Waals surface area contributed by atoms with Gasteiger partial charge in [0, 0.05) is 10.0 Å². The van der Waals surface area contributed by atoms with Crippen molar-refractivity contribution in [1.29, 1.82) is 0 Å². The van der Waals surface area contributed by atoms with E-state index in [1.165, 1.54) is 18.9 Å². The van der Waals surface area contributed by atoms with Crippen LogP contribution in [-0.4, -0.2) is 5.54 Å². The van der Waals surface area contributed by atoms with Crippen molar-refractivity contribution in [2.24, 2.45) is 11.7 Å². The van der Waals surface area contributed by atoms with Crippen molar-refractivity contribution >= 4 is 15.9 Å². The Labute approximate surface area is 111 Å². The highest BCUT2D eigenvalue weighted by Crippen LogP contribution is 2.34. The summed E-state index contributed by atoms with van der Waals surface area (Å²) in [7, 11) is 0. The van der Waals surface area contributed by atoms with E-state index in [1.54, 1.807) is 12.1 Å². The molecule has 0 aliphatic heterocycles.